The normalized spacial score (nSPS) is 18.4. The fourth-order valence-corrected chi connectivity index (χ4v) is 3.33. The van der Waals surface area contributed by atoms with Crippen LogP contribution in [0, 0.1) is 23.5 Å². The van der Waals surface area contributed by atoms with Crippen molar-refractivity contribution in [2.45, 2.75) is 45.8 Å². The SMILES string of the molecule is COc1c(F)cc(CN2CCC(C(O)CC(C)C)CC2)cc1F. The molecule has 5 heteroatoms. The number of aliphatic hydroxyl groups is 1. The minimum atomic E-state index is -0.662. The van der Waals surface area contributed by atoms with Crippen LogP contribution in [0.5, 0.6) is 5.75 Å². The summed E-state index contributed by atoms with van der Waals surface area (Å²) >= 11 is 0. The second-order valence-corrected chi connectivity index (χ2v) is 6.90. The van der Waals surface area contributed by atoms with E-state index in [0.29, 0.717) is 23.9 Å². The van der Waals surface area contributed by atoms with Crippen LogP contribution in [-0.4, -0.2) is 36.3 Å². The van der Waals surface area contributed by atoms with E-state index < -0.39 is 11.6 Å². The Morgan fingerprint density at radius 3 is 2.26 bits per heavy atom. The lowest BCUT2D eigenvalue weighted by Gasteiger charge is -2.34. The van der Waals surface area contributed by atoms with Gasteiger partial charge in [-0.05, 0) is 61.9 Å². The first-order chi connectivity index (χ1) is 10.9. The number of hydrogen-bond donors (Lipinski definition) is 1. The molecule has 1 saturated heterocycles. The van der Waals surface area contributed by atoms with Crippen LogP contribution < -0.4 is 4.74 Å². The zero-order valence-corrected chi connectivity index (χ0v) is 14.2. The number of methoxy groups -OCH3 is 1. The van der Waals surface area contributed by atoms with Gasteiger partial charge in [0.25, 0.3) is 0 Å². The van der Waals surface area contributed by atoms with Crippen molar-refractivity contribution in [2.24, 2.45) is 11.8 Å². The predicted molar refractivity (Wildman–Crippen MR) is 86.4 cm³/mol. The van der Waals surface area contributed by atoms with Crippen LogP contribution in [0.2, 0.25) is 0 Å². The summed E-state index contributed by atoms with van der Waals surface area (Å²) in [6, 6.07) is 2.67. The van der Waals surface area contributed by atoms with Crippen LogP contribution in [-0.2, 0) is 6.54 Å². The summed E-state index contributed by atoms with van der Waals surface area (Å²) in [5.74, 6) is -0.829. The van der Waals surface area contributed by atoms with Crippen LogP contribution in [0.4, 0.5) is 8.78 Å². The van der Waals surface area contributed by atoms with Crippen LogP contribution in [0.25, 0.3) is 0 Å². The van der Waals surface area contributed by atoms with E-state index in [2.05, 4.69) is 18.7 Å². The maximum Gasteiger partial charge on any atom is 0.190 e. The zero-order chi connectivity index (χ0) is 17.0. The third kappa shape index (κ3) is 4.88. The zero-order valence-electron chi connectivity index (χ0n) is 14.2. The highest BCUT2D eigenvalue weighted by molar-refractivity contribution is 5.31. The largest absolute Gasteiger partial charge is 0.491 e. The van der Waals surface area contributed by atoms with Crippen molar-refractivity contribution in [3.63, 3.8) is 0 Å². The monoisotopic (exact) mass is 327 g/mol. The Hall–Kier alpha value is -1.20. The van der Waals surface area contributed by atoms with E-state index in [-0.39, 0.29) is 11.9 Å². The molecule has 0 aromatic heterocycles. The highest BCUT2D eigenvalue weighted by atomic mass is 19.1. The number of halogens is 2. The molecule has 0 amide bonds. The van der Waals surface area contributed by atoms with Gasteiger partial charge >= 0.3 is 0 Å². The Kier molecular flexibility index (Phi) is 6.36. The van der Waals surface area contributed by atoms with E-state index in [9.17, 15) is 13.9 Å². The number of rotatable bonds is 6. The van der Waals surface area contributed by atoms with Crippen molar-refractivity contribution in [1.82, 2.24) is 4.90 Å². The number of likely N-dealkylation sites (tertiary alicyclic amines) is 1. The molecule has 1 aliphatic rings. The average molecular weight is 327 g/mol. The molecule has 130 valence electrons. The minimum absolute atomic E-state index is 0.243. The maximum atomic E-state index is 13.7. The van der Waals surface area contributed by atoms with Gasteiger partial charge in [0.05, 0.1) is 13.2 Å². The van der Waals surface area contributed by atoms with E-state index in [1.54, 1.807) is 0 Å². The molecule has 0 spiro atoms. The molecule has 1 atom stereocenters. The van der Waals surface area contributed by atoms with Gasteiger partial charge in [0.2, 0.25) is 0 Å². The van der Waals surface area contributed by atoms with Gasteiger partial charge in [-0.15, -0.1) is 0 Å². The number of benzene rings is 1. The summed E-state index contributed by atoms with van der Waals surface area (Å²) in [5, 5.41) is 10.2. The molecule has 1 aromatic carbocycles. The summed E-state index contributed by atoms with van der Waals surface area (Å²) in [6.07, 6.45) is 2.44. The highest BCUT2D eigenvalue weighted by Gasteiger charge is 2.26. The lowest BCUT2D eigenvalue weighted by atomic mass is 9.87. The lowest BCUT2D eigenvalue weighted by molar-refractivity contribution is 0.0436. The second kappa shape index (κ2) is 8.06. The Morgan fingerprint density at radius 2 is 1.78 bits per heavy atom. The standard InChI is InChI=1S/C18H27F2NO2/c1-12(2)8-17(22)14-4-6-21(7-5-14)11-13-9-15(19)18(23-3)16(20)10-13/h9-10,12,14,17,22H,4-8,11H2,1-3H3. The number of aliphatic hydroxyl groups excluding tert-OH is 1. The number of nitrogens with zero attached hydrogens (tertiary/aromatic N) is 1. The van der Waals surface area contributed by atoms with E-state index in [0.717, 1.165) is 32.4 Å². The van der Waals surface area contributed by atoms with Gasteiger partial charge in [0.15, 0.2) is 17.4 Å². The van der Waals surface area contributed by atoms with Gasteiger partial charge in [-0.2, -0.15) is 0 Å². The molecule has 1 fully saturated rings. The van der Waals surface area contributed by atoms with E-state index in [1.165, 1.54) is 19.2 Å². The van der Waals surface area contributed by atoms with Crippen LogP contribution >= 0.6 is 0 Å². The van der Waals surface area contributed by atoms with Crippen molar-refractivity contribution < 1.29 is 18.6 Å². The molecule has 3 nitrogen and oxygen atoms in total. The van der Waals surface area contributed by atoms with E-state index >= 15 is 0 Å². The first-order valence-corrected chi connectivity index (χ1v) is 8.33. The Bertz CT molecular complexity index is 491. The quantitative estimate of drug-likeness (QED) is 0.867. The summed E-state index contributed by atoms with van der Waals surface area (Å²) in [6.45, 7) is 6.44. The summed E-state index contributed by atoms with van der Waals surface area (Å²) in [4.78, 5) is 2.18. The second-order valence-electron chi connectivity index (χ2n) is 6.90. The number of ether oxygens (including phenoxy) is 1. The van der Waals surface area contributed by atoms with Crippen molar-refractivity contribution >= 4 is 0 Å². The van der Waals surface area contributed by atoms with Crippen molar-refractivity contribution in [3.05, 3.63) is 29.3 Å². The van der Waals surface area contributed by atoms with Crippen molar-refractivity contribution in [3.8, 4) is 5.75 Å². The number of piperidine rings is 1. The van der Waals surface area contributed by atoms with Gasteiger partial charge in [-0.1, -0.05) is 13.8 Å². The third-order valence-corrected chi connectivity index (χ3v) is 4.56. The Balaban J connectivity index is 1.89. The molecule has 1 aliphatic heterocycles. The average Bonchev–Trinajstić information content (AvgIpc) is 2.47. The first-order valence-electron chi connectivity index (χ1n) is 8.33. The molecule has 1 unspecified atom stereocenters. The fraction of sp³-hybridized carbons (Fsp3) is 0.667. The Labute approximate surface area is 137 Å². The molecule has 0 aliphatic carbocycles. The van der Waals surface area contributed by atoms with Crippen LogP contribution in [0.1, 0.15) is 38.7 Å². The molecule has 0 radical (unpaired) electrons. The summed E-state index contributed by atoms with van der Waals surface area (Å²) in [5.41, 5.74) is 0.613. The molecular weight excluding hydrogens is 300 g/mol. The van der Waals surface area contributed by atoms with Crippen LogP contribution in [0.3, 0.4) is 0 Å². The fourth-order valence-electron chi connectivity index (χ4n) is 3.33. The van der Waals surface area contributed by atoms with Gasteiger partial charge in [0, 0.05) is 6.54 Å². The topological polar surface area (TPSA) is 32.7 Å². The van der Waals surface area contributed by atoms with Gasteiger partial charge in [0.1, 0.15) is 0 Å². The minimum Gasteiger partial charge on any atom is -0.491 e. The van der Waals surface area contributed by atoms with Gasteiger partial charge in [-0.25, -0.2) is 8.78 Å². The molecular formula is C18H27F2NO2. The lowest BCUT2D eigenvalue weighted by Crippen LogP contribution is -2.37. The van der Waals surface area contributed by atoms with Crippen molar-refractivity contribution in [2.75, 3.05) is 20.2 Å². The summed E-state index contributed by atoms with van der Waals surface area (Å²) in [7, 11) is 1.26. The third-order valence-electron chi connectivity index (χ3n) is 4.56. The molecule has 1 heterocycles. The molecule has 0 saturated carbocycles. The number of hydrogen-bond acceptors (Lipinski definition) is 3. The smallest absolute Gasteiger partial charge is 0.190 e. The van der Waals surface area contributed by atoms with Crippen molar-refractivity contribution in [1.29, 1.82) is 0 Å². The van der Waals surface area contributed by atoms with E-state index in [1.807, 2.05) is 0 Å². The molecule has 1 N–H and O–H groups in total. The Morgan fingerprint density at radius 1 is 1.22 bits per heavy atom. The highest BCUT2D eigenvalue weighted by Crippen LogP contribution is 2.27. The summed E-state index contributed by atoms with van der Waals surface area (Å²) < 4.78 is 32.2. The van der Waals surface area contributed by atoms with E-state index in [4.69, 9.17) is 4.74 Å². The predicted octanol–water partition coefficient (Wildman–Crippen LogP) is 3.59. The molecule has 1 aromatic rings. The molecule has 23 heavy (non-hydrogen) atoms. The molecule has 2 rings (SSSR count). The molecule has 0 bridgehead atoms. The maximum absolute atomic E-state index is 13.7. The van der Waals surface area contributed by atoms with Crippen LogP contribution in [0.15, 0.2) is 12.1 Å². The van der Waals surface area contributed by atoms with Gasteiger partial charge < -0.3 is 9.84 Å². The van der Waals surface area contributed by atoms with Gasteiger partial charge in [-0.3, -0.25) is 4.90 Å². The first kappa shape index (κ1) is 18.1.